The molecule has 2 aliphatic rings. The van der Waals surface area contributed by atoms with E-state index in [1.54, 1.807) is 0 Å². The van der Waals surface area contributed by atoms with Crippen LogP contribution in [0.3, 0.4) is 0 Å². The van der Waals surface area contributed by atoms with E-state index in [1.807, 2.05) is 0 Å². The third-order valence-corrected chi connectivity index (χ3v) is 4.31. The van der Waals surface area contributed by atoms with E-state index < -0.39 is 0 Å². The molecule has 3 atom stereocenters. The molecule has 0 aromatic carbocycles. The minimum atomic E-state index is 0.355. The van der Waals surface area contributed by atoms with Crippen molar-refractivity contribution in [2.45, 2.75) is 64.1 Å². The molecule has 0 spiro atoms. The third-order valence-electron chi connectivity index (χ3n) is 4.31. The first kappa shape index (κ1) is 12.9. The summed E-state index contributed by atoms with van der Waals surface area (Å²) in [5.41, 5.74) is 0. The fourth-order valence-corrected chi connectivity index (χ4v) is 3.04. The molecule has 0 aromatic rings. The van der Waals surface area contributed by atoms with Crippen molar-refractivity contribution in [3.63, 3.8) is 0 Å². The van der Waals surface area contributed by atoms with Crippen LogP contribution in [0.2, 0.25) is 0 Å². The van der Waals surface area contributed by atoms with E-state index in [2.05, 4.69) is 30.0 Å². The van der Waals surface area contributed by atoms with Gasteiger partial charge in [-0.05, 0) is 31.6 Å². The Morgan fingerprint density at radius 1 is 1.41 bits per heavy atom. The molecule has 2 heteroatoms. The highest BCUT2D eigenvalue weighted by Gasteiger charge is 2.38. The van der Waals surface area contributed by atoms with Crippen LogP contribution in [0, 0.1) is 18.3 Å². The highest BCUT2D eigenvalue weighted by atomic mass is 15.3. The van der Waals surface area contributed by atoms with Crippen LogP contribution in [-0.4, -0.2) is 36.1 Å². The van der Waals surface area contributed by atoms with Gasteiger partial charge in [0.15, 0.2) is 0 Å². The molecule has 1 aliphatic carbocycles. The second-order valence-corrected chi connectivity index (χ2v) is 5.58. The van der Waals surface area contributed by atoms with Crippen LogP contribution in [-0.2, 0) is 0 Å². The van der Waals surface area contributed by atoms with Gasteiger partial charge in [0.2, 0.25) is 0 Å². The Labute approximate surface area is 106 Å². The maximum Gasteiger partial charge on any atom is 0.0715 e. The lowest BCUT2D eigenvalue weighted by atomic mass is 9.99. The SMILES string of the molecule is C#CC(CCC)N1CC(C2CC2)NCC1CC. The first-order valence-electron chi connectivity index (χ1n) is 7.25. The molecule has 2 rings (SSSR count). The minimum Gasteiger partial charge on any atom is -0.311 e. The summed E-state index contributed by atoms with van der Waals surface area (Å²) in [4.78, 5) is 2.60. The fourth-order valence-electron chi connectivity index (χ4n) is 3.04. The largest absolute Gasteiger partial charge is 0.311 e. The van der Waals surface area contributed by atoms with E-state index in [4.69, 9.17) is 6.42 Å². The monoisotopic (exact) mass is 234 g/mol. The van der Waals surface area contributed by atoms with E-state index in [-0.39, 0.29) is 0 Å². The highest BCUT2D eigenvalue weighted by Crippen LogP contribution is 2.35. The molecule has 1 aliphatic heterocycles. The smallest absolute Gasteiger partial charge is 0.0715 e. The molecule has 1 saturated heterocycles. The van der Waals surface area contributed by atoms with Crippen LogP contribution in [0.15, 0.2) is 0 Å². The molecule has 1 saturated carbocycles. The number of nitrogens with zero attached hydrogens (tertiary/aromatic N) is 1. The lowest BCUT2D eigenvalue weighted by Crippen LogP contribution is -2.59. The van der Waals surface area contributed by atoms with Crippen LogP contribution >= 0.6 is 0 Å². The maximum absolute atomic E-state index is 5.73. The molecule has 0 amide bonds. The van der Waals surface area contributed by atoms with Gasteiger partial charge in [0, 0.05) is 25.2 Å². The van der Waals surface area contributed by atoms with Gasteiger partial charge in [-0.3, -0.25) is 4.90 Å². The van der Waals surface area contributed by atoms with E-state index in [9.17, 15) is 0 Å². The Morgan fingerprint density at radius 3 is 2.71 bits per heavy atom. The predicted molar refractivity (Wildman–Crippen MR) is 72.8 cm³/mol. The molecule has 2 fully saturated rings. The van der Waals surface area contributed by atoms with Crippen LogP contribution in [0.4, 0.5) is 0 Å². The van der Waals surface area contributed by atoms with Crippen molar-refractivity contribution in [2.24, 2.45) is 5.92 Å². The van der Waals surface area contributed by atoms with Gasteiger partial charge < -0.3 is 5.32 Å². The Balaban J connectivity index is 2.00. The van der Waals surface area contributed by atoms with Crippen LogP contribution in [0.1, 0.15) is 46.0 Å². The fraction of sp³-hybridized carbons (Fsp3) is 0.867. The van der Waals surface area contributed by atoms with Gasteiger partial charge in [0.05, 0.1) is 6.04 Å². The Bertz CT molecular complexity index is 277. The zero-order chi connectivity index (χ0) is 12.3. The van der Waals surface area contributed by atoms with E-state index in [1.165, 1.54) is 25.7 Å². The van der Waals surface area contributed by atoms with E-state index in [0.29, 0.717) is 18.1 Å². The first-order valence-corrected chi connectivity index (χ1v) is 7.25. The summed E-state index contributed by atoms with van der Waals surface area (Å²) in [5, 5.41) is 3.72. The average Bonchev–Trinajstić information content (AvgIpc) is 3.19. The molecule has 0 bridgehead atoms. The topological polar surface area (TPSA) is 15.3 Å². The summed E-state index contributed by atoms with van der Waals surface area (Å²) in [6.07, 6.45) is 12.1. The molecule has 1 N–H and O–H groups in total. The number of piperazine rings is 1. The standard InChI is InChI=1S/C15H26N2/c1-4-7-13(5-2)17-11-15(12-8-9-12)16-10-14(17)6-3/h2,12-16H,4,6-11H2,1,3H3. The summed E-state index contributed by atoms with van der Waals surface area (Å²) in [5.74, 6) is 3.94. The zero-order valence-electron chi connectivity index (χ0n) is 11.3. The second-order valence-electron chi connectivity index (χ2n) is 5.58. The van der Waals surface area contributed by atoms with Gasteiger partial charge >= 0.3 is 0 Å². The van der Waals surface area contributed by atoms with Gasteiger partial charge in [-0.15, -0.1) is 6.42 Å². The summed E-state index contributed by atoms with van der Waals surface area (Å²) in [6, 6.07) is 1.69. The molecule has 3 unspecified atom stereocenters. The second kappa shape index (κ2) is 5.89. The van der Waals surface area contributed by atoms with Crippen LogP contribution < -0.4 is 5.32 Å². The molecule has 2 nitrogen and oxygen atoms in total. The molecular weight excluding hydrogens is 208 g/mol. The van der Waals surface area contributed by atoms with Crippen molar-refractivity contribution in [1.29, 1.82) is 0 Å². The van der Waals surface area contributed by atoms with Crippen molar-refractivity contribution in [3.8, 4) is 12.3 Å². The lowest BCUT2D eigenvalue weighted by Gasteiger charge is -2.43. The molecule has 1 heterocycles. The van der Waals surface area contributed by atoms with Gasteiger partial charge in [-0.25, -0.2) is 0 Å². The molecule has 0 radical (unpaired) electrons. The summed E-state index contributed by atoms with van der Waals surface area (Å²) >= 11 is 0. The van der Waals surface area contributed by atoms with Gasteiger partial charge in [0.25, 0.3) is 0 Å². The van der Waals surface area contributed by atoms with Crippen LogP contribution in [0.25, 0.3) is 0 Å². The number of rotatable bonds is 5. The average molecular weight is 234 g/mol. The number of hydrogen-bond acceptors (Lipinski definition) is 2. The van der Waals surface area contributed by atoms with Gasteiger partial charge in [-0.1, -0.05) is 26.2 Å². The van der Waals surface area contributed by atoms with Crippen molar-refractivity contribution in [1.82, 2.24) is 10.2 Å². The third kappa shape index (κ3) is 3.03. The Hall–Kier alpha value is -0.520. The number of nitrogens with one attached hydrogen (secondary N) is 1. The summed E-state index contributed by atoms with van der Waals surface area (Å²) < 4.78 is 0. The van der Waals surface area contributed by atoms with Crippen LogP contribution in [0.5, 0.6) is 0 Å². The lowest BCUT2D eigenvalue weighted by molar-refractivity contribution is 0.0918. The number of hydrogen-bond donors (Lipinski definition) is 1. The van der Waals surface area contributed by atoms with Crippen molar-refractivity contribution >= 4 is 0 Å². The van der Waals surface area contributed by atoms with Gasteiger partial charge in [-0.2, -0.15) is 0 Å². The Morgan fingerprint density at radius 2 is 2.18 bits per heavy atom. The molecular formula is C15H26N2. The maximum atomic E-state index is 5.73. The summed E-state index contributed by atoms with van der Waals surface area (Å²) in [6.45, 7) is 6.79. The van der Waals surface area contributed by atoms with Crippen molar-refractivity contribution < 1.29 is 0 Å². The van der Waals surface area contributed by atoms with E-state index in [0.717, 1.165) is 25.4 Å². The van der Waals surface area contributed by atoms with Crippen molar-refractivity contribution in [3.05, 3.63) is 0 Å². The Kier molecular flexibility index (Phi) is 4.48. The van der Waals surface area contributed by atoms with Crippen molar-refractivity contribution in [2.75, 3.05) is 13.1 Å². The molecule has 0 aromatic heterocycles. The quantitative estimate of drug-likeness (QED) is 0.734. The highest BCUT2D eigenvalue weighted by molar-refractivity contribution is 5.05. The number of terminal acetylenes is 1. The molecule has 17 heavy (non-hydrogen) atoms. The molecule has 96 valence electrons. The minimum absolute atomic E-state index is 0.355. The summed E-state index contributed by atoms with van der Waals surface area (Å²) in [7, 11) is 0. The van der Waals surface area contributed by atoms with Gasteiger partial charge in [0.1, 0.15) is 0 Å². The first-order chi connectivity index (χ1) is 8.30. The van der Waals surface area contributed by atoms with E-state index >= 15 is 0 Å². The predicted octanol–water partition coefficient (Wildman–Crippen LogP) is 2.25. The normalized spacial score (nSPS) is 32.1. The zero-order valence-corrected chi connectivity index (χ0v) is 11.3.